The van der Waals surface area contributed by atoms with E-state index in [0.29, 0.717) is 30.6 Å². The molecule has 132 valence electrons. The Hall–Kier alpha value is -2.21. The number of carbonyl (C=O) groups is 1. The van der Waals surface area contributed by atoms with Crippen LogP contribution in [0.25, 0.3) is 0 Å². The van der Waals surface area contributed by atoms with Crippen LogP contribution in [0.5, 0.6) is 0 Å². The minimum Gasteiger partial charge on any atom is -0.448 e. The van der Waals surface area contributed by atoms with E-state index in [1.807, 2.05) is 23.2 Å². The summed E-state index contributed by atoms with van der Waals surface area (Å²) in [5.74, 6) is 0.985. The van der Waals surface area contributed by atoms with Gasteiger partial charge in [-0.1, -0.05) is 6.07 Å². The molecule has 2 saturated heterocycles. The number of aryl methyl sites for hydroxylation is 1. The van der Waals surface area contributed by atoms with Crippen LogP contribution in [0.15, 0.2) is 35.1 Å². The number of carbonyl (C=O) groups excluding carboxylic acids is 1. The number of ether oxygens (including phenoxy) is 1. The molecular formula is C19H23N3O3. The normalized spacial score (nSPS) is 22.4. The zero-order valence-corrected chi connectivity index (χ0v) is 14.5. The molecule has 2 aliphatic rings. The summed E-state index contributed by atoms with van der Waals surface area (Å²) in [6.45, 7) is 3.95. The molecule has 1 amide bonds. The van der Waals surface area contributed by atoms with E-state index in [1.165, 1.54) is 6.26 Å². The van der Waals surface area contributed by atoms with Crippen LogP contribution in [-0.2, 0) is 11.2 Å². The van der Waals surface area contributed by atoms with Crippen molar-refractivity contribution in [3.8, 4) is 0 Å². The second-order valence-corrected chi connectivity index (χ2v) is 7.13. The first kappa shape index (κ1) is 16.3. The molecule has 0 bridgehead atoms. The fourth-order valence-electron chi connectivity index (χ4n) is 3.97. The van der Waals surface area contributed by atoms with Crippen LogP contribution in [0.1, 0.15) is 41.3 Å². The maximum Gasteiger partial charge on any atom is 0.275 e. The summed E-state index contributed by atoms with van der Waals surface area (Å²) in [5, 5.41) is 0. The van der Waals surface area contributed by atoms with E-state index in [0.717, 1.165) is 38.0 Å². The molecule has 0 radical (unpaired) electrons. The lowest BCUT2D eigenvalue weighted by Gasteiger charge is -2.38. The largest absolute Gasteiger partial charge is 0.448 e. The Labute approximate surface area is 147 Å². The summed E-state index contributed by atoms with van der Waals surface area (Å²) in [6.07, 6.45) is 7.06. The van der Waals surface area contributed by atoms with Crippen LogP contribution in [0.2, 0.25) is 0 Å². The SMILES string of the molecule is Cc1nc(C(=O)N2CCC3(CC2)C[C@@H](Cc2ccccn2)CO3)co1. The summed E-state index contributed by atoms with van der Waals surface area (Å²) in [5.41, 5.74) is 1.45. The molecule has 1 spiro atoms. The lowest BCUT2D eigenvalue weighted by Crippen LogP contribution is -2.46. The number of pyridine rings is 1. The molecule has 0 unspecified atom stereocenters. The van der Waals surface area contributed by atoms with Crippen molar-refractivity contribution in [1.29, 1.82) is 0 Å². The quantitative estimate of drug-likeness (QED) is 0.858. The molecule has 4 heterocycles. The van der Waals surface area contributed by atoms with Gasteiger partial charge in [0.1, 0.15) is 6.26 Å². The molecule has 25 heavy (non-hydrogen) atoms. The fourth-order valence-corrected chi connectivity index (χ4v) is 3.97. The second kappa shape index (κ2) is 6.59. The van der Waals surface area contributed by atoms with Gasteiger partial charge in [0.15, 0.2) is 11.6 Å². The zero-order chi connectivity index (χ0) is 17.3. The summed E-state index contributed by atoms with van der Waals surface area (Å²) in [7, 11) is 0. The van der Waals surface area contributed by atoms with Crippen molar-refractivity contribution >= 4 is 5.91 Å². The van der Waals surface area contributed by atoms with Gasteiger partial charge in [0.05, 0.1) is 12.2 Å². The number of hydrogen-bond donors (Lipinski definition) is 0. The zero-order valence-electron chi connectivity index (χ0n) is 14.5. The van der Waals surface area contributed by atoms with E-state index in [4.69, 9.17) is 9.15 Å². The first-order valence-electron chi connectivity index (χ1n) is 8.89. The summed E-state index contributed by atoms with van der Waals surface area (Å²) in [6, 6.07) is 6.05. The van der Waals surface area contributed by atoms with Gasteiger partial charge >= 0.3 is 0 Å². The highest BCUT2D eigenvalue weighted by Crippen LogP contribution is 2.39. The summed E-state index contributed by atoms with van der Waals surface area (Å²) < 4.78 is 11.4. The predicted octanol–water partition coefficient (Wildman–Crippen LogP) is 2.63. The monoisotopic (exact) mass is 341 g/mol. The molecule has 1 atom stereocenters. The number of amides is 1. The van der Waals surface area contributed by atoms with E-state index in [9.17, 15) is 4.79 Å². The Bertz CT molecular complexity index is 735. The third kappa shape index (κ3) is 3.44. The molecule has 0 aliphatic carbocycles. The van der Waals surface area contributed by atoms with E-state index < -0.39 is 0 Å². The van der Waals surface area contributed by atoms with Crippen molar-refractivity contribution in [2.45, 2.75) is 38.2 Å². The fraction of sp³-hybridized carbons (Fsp3) is 0.526. The molecule has 0 N–H and O–H groups in total. The molecular weight excluding hydrogens is 318 g/mol. The van der Waals surface area contributed by atoms with Gasteiger partial charge in [-0.05, 0) is 43.7 Å². The molecule has 2 fully saturated rings. The van der Waals surface area contributed by atoms with Crippen LogP contribution >= 0.6 is 0 Å². The highest BCUT2D eigenvalue weighted by Gasteiger charge is 2.43. The third-order valence-corrected chi connectivity index (χ3v) is 5.31. The number of likely N-dealkylation sites (tertiary alicyclic amines) is 1. The molecule has 6 nitrogen and oxygen atoms in total. The first-order valence-corrected chi connectivity index (χ1v) is 8.89. The van der Waals surface area contributed by atoms with Gasteiger partial charge in [-0.3, -0.25) is 9.78 Å². The number of hydrogen-bond acceptors (Lipinski definition) is 5. The number of piperidine rings is 1. The molecule has 2 aliphatic heterocycles. The Balaban J connectivity index is 1.33. The number of oxazole rings is 1. The summed E-state index contributed by atoms with van der Waals surface area (Å²) >= 11 is 0. The van der Waals surface area contributed by atoms with Gasteiger partial charge in [0, 0.05) is 31.9 Å². The summed E-state index contributed by atoms with van der Waals surface area (Å²) in [4.78, 5) is 22.9. The Morgan fingerprint density at radius 3 is 2.88 bits per heavy atom. The van der Waals surface area contributed by atoms with Crippen molar-refractivity contribution < 1.29 is 13.9 Å². The highest BCUT2D eigenvalue weighted by molar-refractivity contribution is 5.92. The highest BCUT2D eigenvalue weighted by atomic mass is 16.5. The lowest BCUT2D eigenvalue weighted by molar-refractivity contribution is -0.0391. The third-order valence-electron chi connectivity index (χ3n) is 5.31. The van der Waals surface area contributed by atoms with Gasteiger partial charge in [-0.15, -0.1) is 0 Å². The number of aromatic nitrogens is 2. The van der Waals surface area contributed by atoms with Crippen molar-refractivity contribution in [2.75, 3.05) is 19.7 Å². The maximum absolute atomic E-state index is 12.5. The van der Waals surface area contributed by atoms with E-state index in [-0.39, 0.29) is 11.5 Å². The topological polar surface area (TPSA) is 68.5 Å². The Kier molecular flexibility index (Phi) is 4.29. The predicted molar refractivity (Wildman–Crippen MR) is 91.1 cm³/mol. The molecule has 6 heteroatoms. The Morgan fingerprint density at radius 2 is 2.20 bits per heavy atom. The lowest BCUT2D eigenvalue weighted by atomic mass is 9.84. The average molecular weight is 341 g/mol. The van der Waals surface area contributed by atoms with E-state index in [2.05, 4.69) is 16.0 Å². The van der Waals surface area contributed by atoms with Gasteiger partial charge in [0.25, 0.3) is 5.91 Å². The number of nitrogens with zero attached hydrogens (tertiary/aromatic N) is 3. The molecule has 0 saturated carbocycles. The van der Waals surface area contributed by atoms with Crippen LogP contribution in [0.3, 0.4) is 0 Å². The Morgan fingerprint density at radius 1 is 1.36 bits per heavy atom. The average Bonchev–Trinajstić information content (AvgIpc) is 3.23. The van der Waals surface area contributed by atoms with Crippen molar-refractivity contribution in [3.05, 3.63) is 47.9 Å². The second-order valence-electron chi connectivity index (χ2n) is 7.13. The van der Waals surface area contributed by atoms with Gasteiger partial charge in [0.2, 0.25) is 0 Å². The van der Waals surface area contributed by atoms with Gasteiger partial charge in [-0.2, -0.15) is 0 Å². The minimum atomic E-state index is -0.0734. The van der Waals surface area contributed by atoms with Gasteiger partial charge in [-0.25, -0.2) is 4.98 Å². The van der Waals surface area contributed by atoms with Crippen molar-refractivity contribution in [1.82, 2.24) is 14.9 Å². The van der Waals surface area contributed by atoms with Crippen LogP contribution in [0, 0.1) is 12.8 Å². The molecule has 0 aromatic carbocycles. The molecule has 4 rings (SSSR count). The standard InChI is InChI=1S/C19H23N3O3/c1-14-21-17(13-24-14)18(23)22-8-5-19(6-9-22)11-15(12-25-19)10-16-4-2-3-7-20-16/h2-4,7,13,15H,5-6,8-12H2,1H3/t15-/m1/s1. The maximum atomic E-state index is 12.5. The first-order chi connectivity index (χ1) is 12.1. The minimum absolute atomic E-state index is 0.0465. The van der Waals surface area contributed by atoms with Crippen molar-refractivity contribution in [2.24, 2.45) is 5.92 Å². The van der Waals surface area contributed by atoms with Crippen molar-refractivity contribution in [3.63, 3.8) is 0 Å². The van der Waals surface area contributed by atoms with E-state index >= 15 is 0 Å². The van der Waals surface area contributed by atoms with E-state index in [1.54, 1.807) is 6.92 Å². The smallest absolute Gasteiger partial charge is 0.275 e. The molecule has 2 aromatic heterocycles. The van der Waals surface area contributed by atoms with Gasteiger partial charge < -0.3 is 14.1 Å². The van der Waals surface area contributed by atoms with Crippen LogP contribution in [-0.4, -0.2) is 46.1 Å². The number of rotatable bonds is 3. The van der Waals surface area contributed by atoms with Crippen LogP contribution in [0.4, 0.5) is 0 Å². The van der Waals surface area contributed by atoms with Crippen LogP contribution < -0.4 is 0 Å². The molecule has 2 aromatic rings.